The van der Waals surface area contributed by atoms with Gasteiger partial charge in [-0.1, -0.05) is 38.5 Å². The van der Waals surface area contributed by atoms with Crippen LogP contribution < -0.4 is 0 Å². The highest BCUT2D eigenvalue weighted by Gasteiger charge is 2.29. The van der Waals surface area contributed by atoms with Crippen LogP contribution in [0.25, 0.3) is 0 Å². The second kappa shape index (κ2) is 9.40. The highest BCUT2D eigenvalue weighted by atomic mass is 32.2. The van der Waals surface area contributed by atoms with E-state index < -0.39 is 10.0 Å². The molecule has 0 spiro atoms. The van der Waals surface area contributed by atoms with E-state index in [1.165, 1.54) is 42.8 Å². The van der Waals surface area contributed by atoms with Gasteiger partial charge in [-0.25, -0.2) is 8.42 Å². The third-order valence-corrected chi connectivity index (χ3v) is 8.39. The first-order chi connectivity index (χ1) is 13.4. The van der Waals surface area contributed by atoms with Gasteiger partial charge in [-0.05, 0) is 55.9 Å². The number of sulfonamides is 1. The molecule has 1 aromatic rings. The van der Waals surface area contributed by atoms with Crippen LogP contribution in [0.4, 0.5) is 0 Å². The topological polar surface area (TPSA) is 57.7 Å². The number of hydrogen-bond donors (Lipinski definition) is 0. The minimum atomic E-state index is -3.52. The van der Waals surface area contributed by atoms with Crippen LogP contribution in [-0.2, 0) is 10.0 Å². The standard InChI is InChI=1S/C22H34N2O3S/c1-23(17-18-9-5-3-6-10-18)22(25)19-13-15-21(16-14-19)28(26,27)24(2)20-11-7-4-8-12-20/h13-16,18,20H,3-12,17H2,1-2H3. The van der Waals surface area contributed by atoms with Crippen LogP contribution in [0.3, 0.4) is 0 Å². The number of nitrogens with zero attached hydrogens (tertiary/aromatic N) is 2. The molecule has 0 N–H and O–H groups in total. The Morgan fingerprint density at radius 1 is 0.893 bits per heavy atom. The number of hydrogen-bond acceptors (Lipinski definition) is 3. The van der Waals surface area contributed by atoms with Crippen LogP contribution in [0.2, 0.25) is 0 Å². The van der Waals surface area contributed by atoms with E-state index in [1.54, 1.807) is 36.2 Å². The molecule has 28 heavy (non-hydrogen) atoms. The Hall–Kier alpha value is -1.40. The van der Waals surface area contributed by atoms with E-state index in [4.69, 9.17) is 0 Å². The average molecular weight is 407 g/mol. The second-order valence-corrected chi connectivity index (χ2v) is 10.5. The van der Waals surface area contributed by atoms with Gasteiger partial charge >= 0.3 is 0 Å². The lowest BCUT2D eigenvalue weighted by molar-refractivity contribution is 0.0760. The fourth-order valence-electron chi connectivity index (χ4n) is 4.64. The number of amides is 1. The lowest BCUT2D eigenvalue weighted by atomic mass is 9.89. The summed E-state index contributed by atoms with van der Waals surface area (Å²) in [7, 11) is 0.0130. The molecule has 0 aliphatic heterocycles. The predicted molar refractivity (Wildman–Crippen MR) is 112 cm³/mol. The maximum atomic E-state index is 12.9. The van der Waals surface area contributed by atoms with E-state index in [2.05, 4.69) is 0 Å². The fourth-order valence-corrected chi connectivity index (χ4v) is 6.05. The van der Waals surface area contributed by atoms with Crippen molar-refractivity contribution in [3.8, 4) is 0 Å². The zero-order chi connectivity index (χ0) is 20.1. The third-order valence-electron chi connectivity index (χ3n) is 6.47. The molecule has 0 aromatic heterocycles. The van der Waals surface area contributed by atoms with Crippen molar-refractivity contribution < 1.29 is 13.2 Å². The van der Waals surface area contributed by atoms with Crippen LogP contribution in [0.5, 0.6) is 0 Å². The van der Waals surface area contributed by atoms with E-state index in [1.807, 2.05) is 7.05 Å². The van der Waals surface area contributed by atoms with Gasteiger partial charge < -0.3 is 4.90 Å². The lowest BCUT2D eigenvalue weighted by Crippen LogP contribution is -2.38. The van der Waals surface area contributed by atoms with Crippen molar-refractivity contribution in [2.24, 2.45) is 5.92 Å². The van der Waals surface area contributed by atoms with Crippen molar-refractivity contribution in [1.82, 2.24) is 9.21 Å². The Balaban J connectivity index is 1.65. The first kappa shape index (κ1) is 21.3. The van der Waals surface area contributed by atoms with Gasteiger partial charge in [0, 0.05) is 32.2 Å². The molecule has 0 saturated heterocycles. The largest absolute Gasteiger partial charge is 0.341 e. The lowest BCUT2D eigenvalue weighted by Gasteiger charge is -2.30. The Labute approximate surface area is 170 Å². The van der Waals surface area contributed by atoms with E-state index in [9.17, 15) is 13.2 Å². The van der Waals surface area contributed by atoms with Crippen molar-refractivity contribution in [3.05, 3.63) is 29.8 Å². The highest BCUT2D eigenvalue weighted by molar-refractivity contribution is 7.89. The van der Waals surface area contributed by atoms with Crippen LogP contribution in [0.15, 0.2) is 29.2 Å². The molecule has 2 fully saturated rings. The van der Waals surface area contributed by atoms with E-state index in [-0.39, 0.29) is 16.8 Å². The summed E-state index contributed by atoms with van der Waals surface area (Å²) in [6, 6.07) is 6.55. The van der Waals surface area contributed by atoms with Gasteiger partial charge in [0.05, 0.1) is 4.90 Å². The summed E-state index contributed by atoms with van der Waals surface area (Å²) in [5, 5.41) is 0. The quantitative estimate of drug-likeness (QED) is 0.708. The molecule has 0 unspecified atom stereocenters. The van der Waals surface area contributed by atoms with Gasteiger partial charge in [0.2, 0.25) is 10.0 Å². The van der Waals surface area contributed by atoms with Gasteiger partial charge in [0.15, 0.2) is 0 Å². The van der Waals surface area contributed by atoms with E-state index in [0.717, 1.165) is 32.2 Å². The number of benzene rings is 1. The summed E-state index contributed by atoms with van der Waals surface area (Å²) in [5.41, 5.74) is 0.553. The normalized spacial score (nSPS) is 19.7. The Morgan fingerprint density at radius 3 is 2.00 bits per heavy atom. The predicted octanol–water partition coefficient (Wildman–Crippen LogP) is 4.29. The average Bonchev–Trinajstić information content (AvgIpc) is 2.74. The molecular weight excluding hydrogens is 372 g/mol. The third kappa shape index (κ3) is 4.95. The SMILES string of the molecule is CN(CC1CCCCC1)C(=O)c1ccc(S(=O)(=O)N(C)C2CCCCC2)cc1. The molecule has 0 bridgehead atoms. The van der Waals surface area contributed by atoms with Crippen molar-refractivity contribution in [3.63, 3.8) is 0 Å². The summed E-state index contributed by atoms with van der Waals surface area (Å²) in [6.07, 6.45) is 11.4. The van der Waals surface area contributed by atoms with Gasteiger partial charge in [-0.2, -0.15) is 4.31 Å². The van der Waals surface area contributed by atoms with Crippen LogP contribution in [-0.4, -0.2) is 50.2 Å². The Morgan fingerprint density at radius 2 is 1.43 bits per heavy atom. The highest BCUT2D eigenvalue weighted by Crippen LogP contribution is 2.27. The Bertz CT molecular complexity index is 748. The summed E-state index contributed by atoms with van der Waals surface area (Å²) in [6.45, 7) is 0.781. The summed E-state index contributed by atoms with van der Waals surface area (Å²) < 4.78 is 27.4. The minimum absolute atomic E-state index is 0.0323. The zero-order valence-electron chi connectivity index (χ0n) is 17.3. The fraction of sp³-hybridized carbons (Fsp3) is 0.682. The number of rotatable bonds is 6. The van der Waals surface area contributed by atoms with Crippen LogP contribution in [0.1, 0.15) is 74.6 Å². The molecule has 1 aromatic carbocycles. The molecule has 6 heteroatoms. The van der Waals surface area contributed by atoms with Gasteiger partial charge in [0.1, 0.15) is 0 Å². The van der Waals surface area contributed by atoms with Crippen LogP contribution >= 0.6 is 0 Å². The van der Waals surface area contributed by atoms with Crippen molar-refractivity contribution in [1.29, 1.82) is 0 Å². The number of carbonyl (C=O) groups excluding carboxylic acids is 1. The smallest absolute Gasteiger partial charge is 0.253 e. The van der Waals surface area contributed by atoms with E-state index >= 15 is 0 Å². The van der Waals surface area contributed by atoms with Crippen molar-refractivity contribution in [2.75, 3.05) is 20.6 Å². The molecule has 0 heterocycles. The molecule has 3 rings (SSSR count). The molecule has 2 saturated carbocycles. The summed E-state index contributed by atoms with van der Waals surface area (Å²) in [5.74, 6) is 0.557. The molecule has 2 aliphatic carbocycles. The zero-order valence-corrected chi connectivity index (χ0v) is 18.1. The molecule has 0 radical (unpaired) electrons. The van der Waals surface area contributed by atoms with Gasteiger partial charge in [-0.15, -0.1) is 0 Å². The summed E-state index contributed by atoms with van der Waals surface area (Å²) >= 11 is 0. The molecule has 0 atom stereocenters. The first-order valence-electron chi connectivity index (χ1n) is 10.7. The molecule has 2 aliphatic rings. The maximum Gasteiger partial charge on any atom is 0.253 e. The maximum absolute atomic E-state index is 12.9. The minimum Gasteiger partial charge on any atom is -0.341 e. The monoisotopic (exact) mass is 406 g/mol. The van der Waals surface area contributed by atoms with Gasteiger partial charge in [0.25, 0.3) is 5.91 Å². The van der Waals surface area contributed by atoms with Gasteiger partial charge in [-0.3, -0.25) is 4.79 Å². The first-order valence-corrected chi connectivity index (χ1v) is 12.2. The van der Waals surface area contributed by atoms with Crippen molar-refractivity contribution in [2.45, 2.75) is 75.1 Å². The molecule has 5 nitrogen and oxygen atoms in total. The summed E-state index contributed by atoms with van der Waals surface area (Å²) in [4.78, 5) is 14.8. The molecule has 1 amide bonds. The van der Waals surface area contributed by atoms with Crippen molar-refractivity contribution >= 4 is 15.9 Å². The van der Waals surface area contributed by atoms with E-state index in [0.29, 0.717) is 11.5 Å². The molecular formula is C22H34N2O3S. The van der Waals surface area contributed by atoms with Crippen LogP contribution in [0, 0.1) is 5.92 Å². The second-order valence-electron chi connectivity index (χ2n) is 8.53. The Kier molecular flexibility index (Phi) is 7.15. The number of carbonyl (C=O) groups is 1. The molecule has 156 valence electrons.